The van der Waals surface area contributed by atoms with Crippen LogP contribution in [0.4, 0.5) is 0 Å². The Morgan fingerprint density at radius 2 is 1.89 bits per heavy atom. The van der Waals surface area contributed by atoms with E-state index in [0.29, 0.717) is 22.6 Å². The summed E-state index contributed by atoms with van der Waals surface area (Å²) in [6.07, 6.45) is 1.76. The fourth-order valence-electron chi connectivity index (χ4n) is 2.76. The van der Waals surface area contributed by atoms with Crippen molar-refractivity contribution in [3.63, 3.8) is 0 Å². The Labute approximate surface area is 162 Å². The van der Waals surface area contributed by atoms with Crippen molar-refractivity contribution in [3.05, 3.63) is 58.9 Å². The van der Waals surface area contributed by atoms with Crippen LogP contribution < -0.4 is 9.47 Å². The number of esters is 1. The van der Waals surface area contributed by atoms with E-state index in [1.807, 2.05) is 24.3 Å². The lowest BCUT2D eigenvalue weighted by Crippen LogP contribution is -2.07. The van der Waals surface area contributed by atoms with Crippen LogP contribution in [0.2, 0.25) is 0 Å². The van der Waals surface area contributed by atoms with Crippen LogP contribution in [0, 0.1) is 13.8 Å². The Hall–Kier alpha value is -3.55. The molecule has 0 unspecified atom stereocenters. The van der Waals surface area contributed by atoms with Gasteiger partial charge in [0.05, 0.1) is 26.1 Å². The van der Waals surface area contributed by atoms with E-state index >= 15 is 0 Å². The molecule has 2 aromatic carbocycles. The molecule has 3 aromatic rings. The van der Waals surface area contributed by atoms with Gasteiger partial charge in [0.2, 0.25) is 0 Å². The standard InChI is InChI=1S/C20H21N3O5/c1-12-9-17(13(2)19(24)18(12)20(25)27-4)28-11-14-10-23(22-21-14)15-5-7-16(26-3)8-6-15/h5-10,24H,11H2,1-4H3. The summed E-state index contributed by atoms with van der Waals surface area (Å²) in [6, 6.07) is 9.11. The molecule has 1 aromatic heterocycles. The SMILES string of the molecule is COC(=O)c1c(C)cc(OCc2cn(-c3ccc(OC)cc3)nn2)c(C)c1O. The van der Waals surface area contributed by atoms with Crippen LogP contribution in [0.25, 0.3) is 5.69 Å². The summed E-state index contributed by atoms with van der Waals surface area (Å²) in [6.45, 7) is 3.54. The molecule has 0 saturated carbocycles. The van der Waals surface area contributed by atoms with Gasteiger partial charge in [0.25, 0.3) is 0 Å². The van der Waals surface area contributed by atoms with Gasteiger partial charge in [-0.3, -0.25) is 0 Å². The van der Waals surface area contributed by atoms with Gasteiger partial charge in [-0.05, 0) is 49.7 Å². The predicted molar refractivity (Wildman–Crippen MR) is 101 cm³/mol. The van der Waals surface area contributed by atoms with Crippen LogP contribution >= 0.6 is 0 Å². The zero-order valence-corrected chi connectivity index (χ0v) is 16.1. The van der Waals surface area contributed by atoms with Crippen molar-refractivity contribution in [2.45, 2.75) is 20.5 Å². The molecule has 1 heterocycles. The summed E-state index contributed by atoms with van der Waals surface area (Å²) in [4.78, 5) is 11.8. The maximum absolute atomic E-state index is 11.8. The van der Waals surface area contributed by atoms with Gasteiger partial charge in [-0.25, -0.2) is 9.48 Å². The number of phenols is 1. The first kappa shape index (κ1) is 19.2. The van der Waals surface area contributed by atoms with Crippen LogP contribution in [0.3, 0.4) is 0 Å². The second-order valence-corrected chi connectivity index (χ2v) is 6.17. The summed E-state index contributed by atoms with van der Waals surface area (Å²) in [7, 11) is 2.88. The highest BCUT2D eigenvalue weighted by atomic mass is 16.5. The number of aromatic hydroxyl groups is 1. The number of aromatic nitrogens is 3. The van der Waals surface area contributed by atoms with Gasteiger partial charge in [0.15, 0.2) is 0 Å². The number of rotatable bonds is 6. The first-order valence-corrected chi connectivity index (χ1v) is 8.54. The number of carbonyl (C=O) groups excluding carboxylic acids is 1. The number of methoxy groups -OCH3 is 2. The molecule has 0 spiro atoms. The van der Waals surface area contributed by atoms with Crippen molar-refractivity contribution >= 4 is 5.97 Å². The Kier molecular flexibility index (Phi) is 5.49. The lowest BCUT2D eigenvalue weighted by atomic mass is 10.0. The third kappa shape index (κ3) is 3.75. The highest BCUT2D eigenvalue weighted by molar-refractivity contribution is 5.95. The molecule has 0 fully saturated rings. The number of hydrogen-bond donors (Lipinski definition) is 1. The van der Waals surface area contributed by atoms with Crippen LogP contribution in [0.1, 0.15) is 27.2 Å². The highest BCUT2D eigenvalue weighted by Gasteiger charge is 2.20. The Morgan fingerprint density at radius 1 is 1.18 bits per heavy atom. The summed E-state index contributed by atoms with van der Waals surface area (Å²) in [5.74, 6) is 0.478. The topological polar surface area (TPSA) is 95.7 Å². The Morgan fingerprint density at radius 3 is 2.54 bits per heavy atom. The van der Waals surface area contributed by atoms with Crippen LogP contribution in [0.5, 0.6) is 17.2 Å². The number of ether oxygens (including phenoxy) is 3. The van der Waals surface area contributed by atoms with E-state index < -0.39 is 5.97 Å². The highest BCUT2D eigenvalue weighted by Crippen LogP contribution is 2.34. The maximum atomic E-state index is 11.8. The van der Waals surface area contributed by atoms with Gasteiger partial charge in [0, 0.05) is 5.56 Å². The van der Waals surface area contributed by atoms with Crippen molar-refractivity contribution in [1.29, 1.82) is 0 Å². The third-order valence-electron chi connectivity index (χ3n) is 4.35. The average molecular weight is 383 g/mol. The van der Waals surface area contributed by atoms with Crippen molar-refractivity contribution in [2.24, 2.45) is 0 Å². The van der Waals surface area contributed by atoms with Crippen LogP contribution in [-0.4, -0.2) is 40.3 Å². The first-order chi connectivity index (χ1) is 13.4. The minimum absolute atomic E-state index is 0.137. The van der Waals surface area contributed by atoms with E-state index in [0.717, 1.165) is 11.4 Å². The molecular weight excluding hydrogens is 362 g/mol. The molecule has 0 aliphatic carbocycles. The number of aryl methyl sites for hydroxylation is 1. The molecule has 0 amide bonds. The monoisotopic (exact) mass is 383 g/mol. The molecule has 8 heteroatoms. The van der Waals surface area contributed by atoms with Crippen LogP contribution in [-0.2, 0) is 11.3 Å². The molecule has 0 saturated heterocycles. The molecule has 146 valence electrons. The summed E-state index contributed by atoms with van der Waals surface area (Å²) < 4.78 is 17.3. The molecule has 8 nitrogen and oxygen atoms in total. The normalized spacial score (nSPS) is 10.6. The van der Waals surface area contributed by atoms with Crippen molar-refractivity contribution < 1.29 is 24.1 Å². The average Bonchev–Trinajstić information content (AvgIpc) is 3.18. The van der Waals surface area contributed by atoms with Crippen molar-refractivity contribution in [2.75, 3.05) is 14.2 Å². The molecule has 0 aliphatic heterocycles. The molecule has 1 N–H and O–H groups in total. The minimum atomic E-state index is -0.591. The fourth-order valence-corrected chi connectivity index (χ4v) is 2.76. The largest absolute Gasteiger partial charge is 0.507 e. The van der Waals surface area contributed by atoms with E-state index in [-0.39, 0.29) is 17.9 Å². The summed E-state index contributed by atoms with van der Waals surface area (Å²) in [5.41, 5.74) is 2.61. The van der Waals surface area contributed by atoms with Gasteiger partial charge in [-0.1, -0.05) is 5.21 Å². The number of carbonyl (C=O) groups is 1. The van der Waals surface area contributed by atoms with Crippen molar-refractivity contribution in [1.82, 2.24) is 15.0 Å². The van der Waals surface area contributed by atoms with Crippen molar-refractivity contribution in [3.8, 4) is 22.9 Å². The third-order valence-corrected chi connectivity index (χ3v) is 4.35. The molecule has 0 bridgehead atoms. The molecular formula is C20H21N3O5. The predicted octanol–water partition coefficient (Wildman–Crippen LogP) is 2.96. The van der Waals surface area contributed by atoms with Gasteiger partial charge >= 0.3 is 5.97 Å². The first-order valence-electron chi connectivity index (χ1n) is 8.54. The van der Waals surface area contributed by atoms with E-state index in [1.165, 1.54) is 7.11 Å². The number of nitrogens with zero attached hydrogens (tertiary/aromatic N) is 3. The summed E-state index contributed by atoms with van der Waals surface area (Å²) >= 11 is 0. The van der Waals surface area contributed by atoms with E-state index in [2.05, 4.69) is 10.3 Å². The fraction of sp³-hybridized carbons (Fsp3) is 0.250. The number of phenolic OH excluding ortho intramolecular Hbond substituents is 1. The van der Waals surface area contributed by atoms with Gasteiger partial charge in [0.1, 0.15) is 35.1 Å². The van der Waals surface area contributed by atoms with Gasteiger partial charge in [-0.15, -0.1) is 5.10 Å². The smallest absolute Gasteiger partial charge is 0.341 e. The van der Waals surface area contributed by atoms with E-state index in [9.17, 15) is 9.90 Å². The lowest BCUT2D eigenvalue weighted by molar-refractivity contribution is 0.0596. The van der Waals surface area contributed by atoms with E-state index in [4.69, 9.17) is 14.2 Å². The second-order valence-electron chi connectivity index (χ2n) is 6.17. The maximum Gasteiger partial charge on any atom is 0.341 e. The quantitative estimate of drug-likeness (QED) is 0.654. The molecule has 0 radical (unpaired) electrons. The zero-order valence-electron chi connectivity index (χ0n) is 16.1. The van der Waals surface area contributed by atoms with Crippen LogP contribution in [0.15, 0.2) is 36.5 Å². The molecule has 0 atom stereocenters. The summed E-state index contributed by atoms with van der Waals surface area (Å²) in [5, 5.41) is 18.5. The minimum Gasteiger partial charge on any atom is -0.507 e. The second kappa shape index (κ2) is 7.99. The molecule has 28 heavy (non-hydrogen) atoms. The number of benzene rings is 2. The lowest BCUT2D eigenvalue weighted by Gasteiger charge is -2.14. The Bertz CT molecular complexity index is 996. The van der Waals surface area contributed by atoms with Gasteiger partial charge < -0.3 is 19.3 Å². The van der Waals surface area contributed by atoms with E-state index in [1.54, 1.807) is 37.9 Å². The molecule has 0 aliphatic rings. The van der Waals surface area contributed by atoms with Gasteiger partial charge in [-0.2, -0.15) is 0 Å². The zero-order chi connectivity index (χ0) is 20.3. The molecule has 3 rings (SSSR count). The Balaban J connectivity index is 1.76. The number of hydrogen-bond acceptors (Lipinski definition) is 7.